The molecule has 4 rings (SSSR count). The molecule has 26 heavy (non-hydrogen) atoms. The van der Waals surface area contributed by atoms with Crippen molar-refractivity contribution in [3.05, 3.63) is 35.9 Å². The van der Waals surface area contributed by atoms with Gasteiger partial charge in [-0.1, -0.05) is 12.2 Å². The number of imide groups is 1. The fourth-order valence-electron chi connectivity index (χ4n) is 4.27. The maximum atomic E-state index is 12.6. The van der Waals surface area contributed by atoms with Crippen molar-refractivity contribution in [3.63, 3.8) is 0 Å². The van der Waals surface area contributed by atoms with Gasteiger partial charge in [-0.3, -0.25) is 9.59 Å². The molecule has 2 aliphatic carbocycles. The highest BCUT2D eigenvalue weighted by Gasteiger charge is 2.59. The SMILES string of the molecule is CCOc1ccc(/C=N\N2C(=O)[C@@H]3[C@@H](C2=O)[C@H]2C=C[C@H]3C2)cc1OCC. The van der Waals surface area contributed by atoms with Crippen LogP contribution in [0.15, 0.2) is 35.5 Å². The number of benzene rings is 1. The first-order valence-electron chi connectivity index (χ1n) is 9.13. The smallest absolute Gasteiger partial charge is 0.254 e. The number of allylic oxidation sites excluding steroid dienone is 2. The van der Waals surface area contributed by atoms with E-state index in [1.165, 1.54) is 6.21 Å². The first-order chi connectivity index (χ1) is 12.6. The molecule has 4 atom stereocenters. The van der Waals surface area contributed by atoms with Crippen molar-refractivity contribution in [1.82, 2.24) is 5.01 Å². The topological polar surface area (TPSA) is 68.2 Å². The molecule has 136 valence electrons. The standard InChI is InChI=1S/C20H22N2O4/c1-3-25-15-8-5-12(9-16(15)26-4-2)11-21-22-19(23)17-13-6-7-14(10-13)18(17)20(22)24/h5-9,11,13-14,17-18H,3-4,10H2,1-2H3/b21-11-/t13-,14-,17-,18-/m0/s1. The molecule has 0 N–H and O–H groups in total. The number of carbonyl (C=O) groups excluding carboxylic acids is 2. The van der Waals surface area contributed by atoms with E-state index in [9.17, 15) is 9.59 Å². The molecule has 1 aromatic rings. The summed E-state index contributed by atoms with van der Waals surface area (Å²) in [7, 11) is 0. The van der Waals surface area contributed by atoms with Crippen molar-refractivity contribution in [1.29, 1.82) is 0 Å². The van der Waals surface area contributed by atoms with Gasteiger partial charge in [-0.25, -0.2) is 0 Å². The van der Waals surface area contributed by atoms with Crippen LogP contribution >= 0.6 is 0 Å². The van der Waals surface area contributed by atoms with Gasteiger partial charge in [0.1, 0.15) is 0 Å². The van der Waals surface area contributed by atoms with Crippen molar-refractivity contribution in [2.75, 3.05) is 13.2 Å². The Morgan fingerprint density at radius 1 is 1.04 bits per heavy atom. The van der Waals surface area contributed by atoms with Gasteiger partial charge in [-0.05, 0) is 55.9 Å². The molecule has 1 heterocycles. The normalized spacial score (nSPS) is 29.1. The van der Waals surface area contributed by atoms with Crippen LogP contribution in [0.25, 0.3) is 0 Å². The molecular formula is C20H22N2O4. The second kappa shape index (κ2) is 6.59. The van der Waals surface area contributed by atoms with Gasteiger partial charge in [0.25, 0.3) is 11.8 Å². The summed E-state index contributed by atoms with van der Waals surface area (Å²) in [6, 6.07) is 5.44. The summed E-state index contributed by atoms with van der Waals surface area (Å²) < 4.78 is 11.1. The number of ether oxygens (including phenoxy) is 2. The summed E-state index contributed by atoms with van der Waals surface area (Å²) in [5, 5.41) is 5.25. The summed E-state index contributed by atoms with van der Waals surface area (Å²) in [6.07, 6.45) is 6.60. The van der Waals surface area contributed by atoms with E-state index in [-0.39, 0.29) is 35.5 Å². The maximum Gasteiger partial charge on any atom is 0.254 e. The summed E-state index contributed by atoms with van der Waals surface area (Å²) in [4.78, 5) is 25.3. The number of hydrogen-bond acceptors (Lipinski definition) is 5. The Labute approximate surface area is 152 Å². The highest BCUT2D eigenvalue weighted by atomic mass is 16.5. The zero-order chi connectivity index (χ0) is 18.3. The highest BCUT2D eigenvalue weighted by molar-refractivity contribution is 6.06. The second-order valence-electron chi connectivity index (χ2n) is 6.80. The van der Waals surface area contributed by atoms with Crippen molar-refractivity contribution >= 4 is 18.0 Å². The van der Waals surface area contributed by atoms with E-state index >= 15 is 0 Å². The van der Waals surface area contributed by atoms with Crippen molar-refractivity contribution in [2.45, 2.75) is 20.3 Å². The quantitative estimate of drug-likeness (QED) is 0.447. The second-order valence-corrected chi connectivity index (χ2v) is 6.80. The fraction of sp³-hybridized carbons (Fsp3) is 0.450. The average Bonchev–Trinajstić information content (AvgIpc) is 3.30. The van der Waals surface area contributed by atoms with E-state index in [0.29, 0.717) is 24.7 Å². The van der Waals surface area contributed by atoms with Crippen LogP contribution in [0.3, 0.4) is 0 Å². The summed E-state index contributed by atoms with van der Waals surface area (Å²) >= 11 is 0. The zero-order valence-corrected chi connectivity index (χ0v) is 14.9. The minimum Gasteiger partial charge on any atom is -0.490 e. The number of nitrogens with zero attached hydrogens (tertiary/aromatic N) is 2. The van der Waals surface area contributed by atoms with Crippen LogP contribution in [0.2, 0.25) is 0 Å². The number of fused-ring (bicyclic) bond motifs is 5. The van der Waals surface area contributed by atoms with Gasteiger partial charge in [0.15, 0.2) is 11.5 Å². The molecule has 6 heteroatoms. The average molecular weight is 354 g/mol. The molecular weight excluding hydrogens is 332 g/mol. The van der Waals surface area contributed by atoms with Crippen LogP contribution in [-0.2, 0) is 9.59 Å². The summed E-state index contributed by atoms with van der Waals surface area (Å²) in [5.74, 6) is 0.859. The van der Waals surface area contributed by atoms with Gasteiger partial charge in [-0.2, -0.15) is 10.1 Å². The molecule has 0 aromatic heterocycles. The number of hydrazone groups is 1. The third-order valence-corrected chi connectivity index (χ3v) is 5.34. The minimum absolute atomic E-state index is 0.177. The third-order valence-electron chi connectivity index (χ3n) is 5.34. The fourth-order valence-corrected chi connectivity index (χ4v) is 4.27. The van der Waals surface area contributed by atoms with E-state index in [0.717, 1.165) is 17.0 Å². The predicted octanol–water partition coefficient (Wildman–Crippen LogP) is 2.63. The van der Waals surface area contributed by atoms with Gasteiger partial charge in [0, 0.05) is 0 Å². The zero-order valence-electron chi connectivity index (χ0n) is 14.9. The lowest BCUT2D eigenvalue weighted by atomic mass is 9.85. The van der Waals surface area contributed by atoms with Crippen LogP contribution in [0.5, 0.6) is 11.5 Å². The van der Waals surface area contributed by atoms with Crippen LogP contribution in [0.1, 0.15) is 25.8 Å². The molecule has 0 spiro atoms. The Morgan fingerprint density at radius 3 is 2.27 bits per heavy atom. The number of hydrogen-bond donors (Lipinski definition) is 0. The van der Waals surface area contributed by atoms with E-state index in [1.807, 2.05) is 26.0 Å². The van der Waals surface area contributed by atoms with Crippen LogP contribution in [0.4, 0.5) is 0 Å². The Hall–Kier alpha value is -2.63. The number of amides is 2. The van der Waals surface area contributed by atoms with Crippen molar-refractivity contribution < 1.29 is 19.1 Å². The molecule has 1 aromatic carbocycles. The number of carbonyl (C=O) groups is 2. The van der Waals surface area contributed by atoms with E-state index in [1.54, 1.807) is 6.07 Å². The molecule has 2 bridgehead atoms. The molecule has 6 nitrogen and oxygen atoms in total. The third kappa shape index (κ3) is 2.60. The van der Waals surface area contributed by atoms with E-state index in [2.05, 4.69) is 17.3 Å². The van der Waals surface area contributed by atoms with Crippen LogP contribution < -0.4 is 9.47 Å². The van der Waals surface area contributed by atoms with E-state index in [4.69, 9.17) is 9.47 Å². The molecule has 0 radical (unpaired) electrons. The Balaban J connectivity index is 1.54. The molecule has 3 aliphatic rings. The highest BCUT2D eigenvalue weighted by Crippen LogP contribution is 2.52. The Bertz CT molecular complexity index is 771. The molecule has 0 unspecified atom stereocenters. The van der Waals surface area contributed by atoms with Gasteiger partial charge >= 0.3 is 0 Å². The molecule has 2 fully saturated rings. The molecule has 1 aliphatic heterocycles. The molecule has 1 saturated carbocycles. The number of rotatable bonds is 6. The minimum atomic E-state index is -0.228. The van der Waals surface area contributed by atoms with Gasteiger partial charge in [0.05, 0.1) is 31.3 Å². The summed E-state index contributed by atoms with van der Waals surface area (Å²) in [6.45, 7) is 4.88. The van der Waals surface area contributed by atoms with Gasteiger partial charge in [0.2, 0.25) is 0 Å². The largest absolute Gasteiger partial charge is 0.490 e. The monoisotopic (exact) mass is 354 g/mol. The predicted molar refractivity (Wildman–Crippen MR) is 95.9 cm³/mol. The lowest BCUT2D eigenvalue weighted by Crippen LogP contribution is -2.28. The Kier molecular flexibility index (Phi) is 4.26. The van der Waals surface area contributed by atoms with Gasteiger partial charge < -0.3 is 9.47 Å². The Morgan fingerprint density at radius 2 is 1.65 bits per heavy atom. The summed E-state index contributed by atoms with van der Waals surface area (Å²) in [5.41, 5.74) is 0.746. The molecule has 1 saturated heterocycles. The van der Waals surface area contributed by atoms with Crippen LogP contribution in [0, 0.1) is 23.7 Å². The van der Waals surface area contributed by atoms with Crippen LogP contribution in [-0.4, -0.2) is 36.3 Å². The van der Waals surface area contributed by atoms with Crippen molar-refractivity contribution in [3.8, 4) is 11.5 Å². The van der Waals surface area contributed by atoms with E-state index < -0.39 is 0 Å². The maximum absolute atomic E-state index is 12.6. The lowest BCUT2D eigenvalue weighted by Gasteiger charge is -2.13. The first kappa shape index (κ1) is 16.8. The van der Waals surface area contributed by atoms with Crippen molar-refractivity contribution in [2.24, 2.45) is 28.8 Å². The van der Waals surface area contributed by atoms with Gasteiger partial charge in [-0.15, -0.1) is 0 Å². The first-order valence-corrected chi connectivity index (χ1v) is 9.13. The lowest BCUT2D eigenvalue weighted by molar-refractivity contribution is -0.140. The molecule has 2 amide bonds.